The number of amides is 5. The molecule has 5 amide bonds. The van der Waals surface area contributed by atoms with Crippen molar-refractivity contribution in [2.45, 2.75) is 81.5 Å². The Morgan fingerprint density at radius 1 is 0.761 bits per heavy atom. The summed E-state index contributed by atoms with van der Waals surface area (Å²) >= 11 is 1.59. The van der Waals surface area contributed by atoms with Crippen LogP contribution in [0.15, 0.2) is 72.8 Å². The second-order valence-corrected chi connectivity index (χ2v) is 24.3. The molecule has 0 spiro atoms. The molecular formula is C61H98N16O10S. The maximum Gasteiger partial charge on any atom is 0.321 e. The number of hydrogen-bond acceptors (Lipinski definition) is 22. The molecule has 6 atom stereocenters. The van der Waals surface area contributed by atoms with Gasteiger partial charge >= 0.3 is 6.03 Å². The van der Waals surface area contributed by atoms with Crippen LogP contribution in [0.4, 0.5) is 21.9 Å². The standard InChI is InChI=1S/C61H98N16O10S/c1-46-53(43-73(4)68-46)58(59(80)62-45-77-55-12-7-6-11-54(55)67-70-77)76(25-10-32-82-5)56(78)22-15-47-13-18-51(19-14-47)86-33-9-8-24-71(2)30-35-84-38-37-83-34-23-49-42-75(69-66-49)31-36-85-39-40-87-52-20-16-48(17-21-52)63-60(81)65-61-64-50(44-88-61)41-57(79)74-28-26-72(3)27-29-74/h6-7,11-14,16-21,46,49-50,53,58,61,64,66-70H,8-10,15,22-45H2,1-5H3,(H,62,80)(H2,63,65,81). The third kappa shape index (κ3) is 22.7. The van der Waals surface area contributed by atoms with Crippen molar-refractivity contribution in [3.05, 3.63) is 78.4 Å². The molecule has 6 unspecified atom stereocenters. The molecule has 3 aromatic rings. The van der Waals surface area contributed by atoms with E-state index in [4.69, 9.17) is 28.4 Å². The van der Waals surface area contributed by atoms with Gasteiger partial charge in [-0.1, -0.05) is 24.3 Å². The molecule has 9 N–H and O–H groups in total. The Balaban J connectivity index is 0.597. The molecular weight excluding hydrogens is 1150 g/mol. The van der Waals surface area contributed by atoms with Crippen LogP contribution in [0.5, 0.6) is 11.5 Å². The van der Waals surface area contributed by atoms with Crippen LogP contribution in [-0.4, -0.2) is 249 Å². The fourth-order valence-corrected chi connectivity index (χ4v) is 12.3. The largest absolute Gasteiger partial charge is 0.494 e. The Kier molecular flexibility index (Phi) is 28.6. The molecule has 488 valence electrons. The van der Waals surface area contributed by atoms with Gasteiger partial charge in [-0.15, -0.1) is 17.3 Å². The van der Waals surface area contributed by atoms with Crippen molar-refractivity contribution >= 4 is 52.6 Å². The van der Waals surface area contributed by atoms with Crippen molar-refractivity contribution in [2.75, 3.05) is 181 Å². The minimum absolute atomic E-state index is 0.0115. The summed E-state index contributed by atoms with van der Waals surface area (Å²) in [5, 5.41) is 18.2. The monoisotopic (exact) mass is 1250 g/mol. The van der Waals surface area contributed by atoms with Crippen LogP contribution >= 0.6 is 11.8 Å². The van der Waals surface area contributed by atoms with E-state index in [1.54, 1.807) is 35.9 Å². The van der Waals surface area contributed by atoms with Gasteiger partial charge in [-0.05, 0) is 114 Å². The summed E-state index contributed by atoms with van der Waals surface area (Å²) in [4.78, 5) is 62.1. The van der Waals surface area contributed by atoms with Crippen LogP contribution < -0.4 is 63.1 Å². The highest BCUT2D eigenvalue weighted by Gasteiger charge is 2.43. The van der Waals surface area contributed by atoms with Crippen molar-refractivity contribution in [3.8, 4) is 11.5 Å². The number of nitrogens with zero attached hydrogens (tertiary/aromatic N) is 7. The lowest BCUT2D eigenvalue weighted by molar-refractivity contribution is -0.143. The molecule has 0 radical (unpaired) electrons. The summed E-state index contributed by atoms with van der Waals surface area (Å²) in [6.45, 7) is 14.9. The summed E-state index contributed by atoms with van der Waals surface area (Å²) in [6.07, 6.45) is 4.65. The highest BCUT2D eigenvalue weighted by Crippen LogP contribution is 2.29. The molecule has 8 rings (SSSR count). The minimum Gasteiger partial charge on any atom is -0.494 e. The lowest BCUT2D eigenvalue weighted by Gasteiger charge is -2.36. The van der Waals surface area contributed by atoms with Gasteiger partial charge in [0.05, 0.1) is 51.0 Å². The number of hydrazine groups is 5. The van der Waals surface area contributed by atoms with E-state index in [0.717, 1.165) is 100 Å². The van der Waals surface area contributed by atoms with E-state index in [1.165, 1.54) is 0 Å². The maximum atomic E-state index is 14.2. The number of benzene rings is 3. The van der Waals surface area contributed by atoms with Crippen LogP contribution in [0.1, 0.15) is 51.0 Å². The van der Waals surface area contributed by atoms with Crippen LogP contribution in [0.2, 0.25) is 0 Å². The molecule has 27 heteroatoms. The third-order valence-electron chi connectivity index (χ3n) is 16.3. The average molecular weight is 1250 g/mol. The first kappa shape index (κ1) is 68.3. The van der Waals surface area contributed by atoms with Gasteiger partial charge in [0, 0.05) is 135 Å². The first-order chi connectivity index (χ1) is 42.9. The van der Waals surface area contributed by atoms with Crippen molar-refractivity contribution in [3.63, 3.8) is 0 Å². The second-order valence-electron chi connectivity index (χ2n) is 23.2. The van der Waals surface area contributed by atoms with E-state index in [-0.39, 0.29) is 66.4 Å². The van der Waals surface area contributed by atoms with E-state index in [0.29, 0.717) is 103 Å². The summed E-state index contributed by atoms with van der Waals surface area (Å²) in [5.74, 6) is 2.03. The van der Waals surface area contributed by atoms with E-state index >= 15 is 0 Å². The predicted molar refractivity (Wildman–Crippen MR) is 341 cm³/mol. The van der Waals surface area contributed by atoms with Crippen molar-refractivity contribution in [1.82, 2.24) is 67.5 Å². The summed E-state index contributed by atoms with van der Waals surface area (Å²) < 4.78 is 34.9. The van der Waals surface area contributed by atoms with Gasteiger partial charge in [-0.3, -0.25) is 30.1 Å². The maximum absolute atomic E-state index is 14.2. The molecule has 88 heavy (non-hydrogen) atoms. The average Bonchev–Trinajstić information content (AvgIpc) is 2.93. The molecule has 0 saturated carbocycles. The highest BCUT2D eigenvalue weighted by molar-refractivity contribution is 8.00. The third-order valence-corrected chi connectivity index (χ3v) is 17.5. The van der Waals surface area contributed by atoms with Crippen LogP contribution in [0, 0.1) is 5.92 Å². The van der Waals surface area contributed by atoms with Gasteiger partial charge < -0.3 is 69.4 Å². The Morgan fingerprint density at radius 3 is 2.27 bits per heavy atom. The summed E-state index contributed by atoms with van der Waals surface area (Å²) in [6, 6.07) is 22.3. The van der Waals surface area contributed by atoms with Crippen molar-refractivity contribution < 1.29 is 47.6 Å². The lowest BCUT2D eigenvalue weighted by Crippen LogP contribution is -2.58. The molecule has 4 fully saturated rings. The first-order valence-electron chi connectivity index (χ1n) is 31.3. The number of aryl methyl sites for hydroxylation is 1. The molecule has 5 heterocycles. The topological polar surface area (TPSA) is 255 Å². The fraction of sp³-hybridized carbons (Fsp3) is 0.639. The number of anilines is 3. The lowest BCUT2D eigenvalue weighted by atomic mass is 9.91. The number of hydrogen-bond donors (Lipinski definition) is 9. The number of ether oxygens (including phenoxy) is 6. The molecule has 26 nitrogen and oxygen atoms in total. The predicted octanol–water partition coefficient (Wildman–Crippen LogP) is 2.31. The Hall–Kier alpha value is -5.63. The van der Waals surface area contributed by atoms with Crippen molar-refractivity contribution in [2.24, 2.45) is 5.92 Å². The molecule has 3 aromatic carbocycles. The van der Waals surface area contributed by atoms with E-state index in [2.05, 4.69) is 84.4 Å². The van der Waals surface area contributed by atoms with Gasteiger partial charge in [0.2, 0.25) is 17.7 Å². The number of piperazine rings is 1. The van der Waals surface area contributed by atoms with Crippen molar-refractivity contribution in [1.29, 1.82) is 0 Å². The quantitative estimate of drug-likeness (QED) is 0.0373. The number of fused-ring (bicyclic) bond motifs is 1. The Labute approximate surface area is 524 Å². The number of urea groups is 1. The summed E-state index contributed by atoms with van der Waals surface area (Å²) in [7, 11) is 7.80. The van der Waals surface area contributed by atoms with Gasteiger partial charge in [0.25, 0.3) is 0 Å². The molecule has 5 aliphatic heterocycles. The number of likely N-dealkylation sites (N-methyl/N-ethyl adjacent to an activating group) is 2. The first-order valence-corrected chi connectivity index (χ1v) is 32.4. The van der Waals surface area contributed by atoms with Crippen LogP contribution in [0.25, 0.3) is 0 Å². The van der Waals surface area contributed by atoms with E-state index in [1.807, 2.05) is 82.6 Å². The number of para-hydroxylation sites is 2. The number of thioether (sulfide) groups is 1. The molecule has 5 aliphatic rings. The number of nitrogens with one attached hydrogen (secondary N) is 9. The normalized spacial score (nSPS) is 20.9. The Morgan fingerprint density at radius 2 is 1.50 bits per heavy atom. The Bertz CT molecular complexity index is 2560. The molecule has 0 aromatic heterocycles. The van der Waals surface area contributed by atoms with Crippen LogP contribution in [-0.2, 0) is 39.8 Å². The number of methoxy groups -OCH3 is 1. The number of carbonyl (C=O) groups is 4. The molecule has 0 bridgehead atoms. The zero-order valence-corrected chi connectivity index (χ0v) is 53.1. The van der Waals surface area contributed by atoms with Gasteiger partial charge in [-0.25, -0.2) is 20.2 Å². The minimum atomic E-state index is -0.679. The number of carbonyl (C=O) groups excluding carboxylic acids is 4. The molecule has 4 saturated heterocycles. The van der Waals surface area contributed by atoms with E-state index in [9.17, 15) is 19.2 Å². The zero-order valence-electron chi connectivity index (χ0n) is 52.3. The number of rotatable bonds is 38. The fourth-order valence-electron chi connectivity index (χ4n) is 11.2. The molecule has 0 aliphatic carbocycles. The van der Waals surface area contributed by atoms with Crippen LogP contribution in [0.3, 0.4) is 0 Å². The van der Waals surface area contributed by atoms with E-state index < -0.39 is 6.04 Å². The van der Waals surface area contributed by atoms with Gasteiger partial charge in [0.15, 0.2) is 0 Å². The highest BCUT2D eigenvalue weighted by atomic mass is 32.2. The number of unbranched alkanes of at least 4 members (excludes halogenated alkanes) is 1. The van der Waals surface area contributed by atoms with Gasteiger partial charge in [-0.2, -0.15) is 5.53 Å². The zero-order chi connectivity index (χ0) is 61.9. The SMILES string of the molecule is COCCCN(C(=O)CCc1ccc(OCCCCN(C)CCOCCOCCC2CN(CCOCCOc3ccc(NC(=O)NC4NC(CC(=O)N5CCN(C)CC5)CS4)cc3)NN2)cc1)C(C(=O)NCN1NNc2ccccc21)C1CN(C)NC1C. The summed E-state index contributed by atoms with van der Waals surface area (Å²) in [5.41, 5.74) is 19.5. The smallest absolute Gasteiger partial charge is 0.321 e. The second kappa shape index (κ2) is 36.9. The van der Waals surface area contributed by atoms with Gasteiger partial charge in [0.1, 0.15) is 36.3 Å².